The number of rotatable bonds is 2. The first-order valence-corrected chi connectivity index (χ1v) is 8.29. The SMILES string of the molecule is CC(C)(C)C#CCC(C)(C)C.CC(C)/C=C/CC(C)(C)C. The van der Waals surface area contributed by atoms with E-state index >= 15 is 0 Å². The van der Waals surface area contributed by atoms with E-state index in [1.165, 1.54) is 6.42 Å². The normalized spacial score (nSPS) is 12.8. The average molecular weight is 293 g/mol. The second-order valence-electron chi connectivity index (χ2n) is 9.73. The molecule has 0 bridgehead atoms. The van der Waals surface area contributed by atoms with Crippen LogP contribution in [-0.4, -0.2) is 0 Å². The van der Waals surface area contributed by atoms with Gasteiger partial charge in [0, 0.05) is 11.8 Å². The van der Waals surface area contributed by atoms with E-state index in [1.807, 2.05) is 0 Å². The van der Waals surface area contributed by atoms with Crippen LogP contribution in [0.2, 0.25) is 0 Å². The van der Waals surface area contributed by atoms with Crippen molar-refractivity contribution in [2.75, 3.05) is 0 Å². The summed E-state index contributed by atoms with van der Waals surface area (Å²) < 4.78 is 0. The van der Waals surface area contributed by atoms with E-state index in [9.17, 15) is 0 Å². The van der Waals surface area contributed by atoms with Crippen LogP contribution in [0.5, 0.6) is 0 Å². The summed E-state index contributed by atoms with van der Waals surface area (Å²) in [7, 11) is 0. The predicted molar refractivity (Wildman–Crippen MR) is 99.4 cm³/mol. The van der Waals surface area contributed by atoms with Crippen molar-refractivity contribution in [3.63, 3.8) is 0 Å². The monoisotopic (exact) mass is 292 g/mol. The molecule has 0 aromatic rings. The summed E-state index contributed by atoms with van der Waals surface area (Å²) in [5, 5.41) is 0. The van der Waals surface area contributed by atoms with E-state index < -0.39 is 0 Å². The molecule has 0 aromatic heterocycles. The summed E-state index contributed by atoms with van der Waals surface area (Å²) >= 11 is 0. The Kier molecular flexibility index (Phi) is 10.0. The fourth-order valence-electron chi connectivity index (χ4n) is 1.27. The summed E-state index contributed by atoms with van der Waals surface area (Å²) in [4.78, 5) is 0. The van der Waals surface area contributed by atoms with Crippen molar-refractivity contribution in [3.8, 4) is 11.8 Å². The molecule has 0 radical (unpaired) electrons. The Labute approximate surface area is 135 Å². The zero-order chi connectivity index (χ0) is 17.3. The Morgan fingerprint density at radius 1 is 0.810 bits per heavy atom. The summed E-state index contributed by atoms with van der Waals surface area (Å²) in [5.74, 6) is 7.14. The van der Waals surface area contributed by atoms with Gasteiger partial charge < -0.3 is 0 Å². The molecule has 0 rings (SSSR count). The molecule has 0 atom stereocenters. The first kappa shape index (κ1) is 22.6. The average Bonchev–Trinajstić information content (AvgIpc) is 2.10. The Morgan fingerprint density at radius 2 is 1.29 bits per heavy atom. The molecule has 0 unspecified atom stereocenters. The molecule has 0 aliphatic carbocycles. The van der Waals surface area contributed by atoms with Gasteiger partial charge in [-0.1, -0.05) is 73.5 Å². The van der Waals surface area contributed by atoms with Gasteiger partial charge in [0.05, 0.1) is 0 Å². The number of allylic oxidation sites excluding steroid dienone is 2. The van der Waals surface area contributed by atoms with Crippen LogP contribution in [0.4, 0.5) is 0 Å². The zero-order valence-electron chi connectivity index (χ0n) is 16.6. The Balaban J connectivity index is 0. The van der Waals surface area contributed by atoms with Crippen molar-refractivity contribution < 1.29 is 0 Å². The first-order chi connectivity index (χ1) is 9.12. The van der Waals surface area contributed by atoms with Crippen LogP contribution in [0.15, 0.2) is 12.2 Å². The van der Waals surface area contributed by atoms with Crippen molar-refractivity contribution in [3.05, 3.63) is 12.2 Å². The number of hydrogen-bond acceptors (Lipinski definition) is 0. The molecule has 21 heavy (non-hydrogen) atoms. The van der Waals surface area contributed by atoms with Gasteiger partial charge in [0.2, 0.25) is 0 Å². The lowest BCUT2D eigenvalue weighted by atomic mass is 9.91. The topological polar surface area (TPSA) is 0 Å². The molecule has 0 nitrogen and oxygen atoms in total. The Bertz CT molecular complexity index is 337. The smallest absolute Gasteiger partial charge is 0.0230 e. The quantitative estimate of drug-likeness (QED) is 0.376. The Morgan fingerprint density at radius 3 is 1.57 bits per heavy atom. The first-order valence-electron chi connectivity index (χ1n) is 8.29. The standard InChI is InChI=1S/C11H20.C10H20/c1-10(2,3)8-7-9-11(4,5)6;1-9(2)7-6-8-10(3,4)5/h8H2,1-6H3;6-7,9H,8H2,1-5H3/b;7-6+. The molecule has 124 valence electrons. The van der Waals surface area contributed by atoms with Crippen molar-refractivity contribution in [1.29, 1.82) is 0 Å². The van der Waals surface area contributed by atoms with Crippen LogP contribution in [0.3, 0.4) is 0 Å². The molecule has 0 aliphatic rings. The van der Waals surface area contributed by atoms with Crippen LogP contribution in [-0.2, 0) is 0 Å². The molecular formula is C21H40. The molecule has 0 saturated carbocycles. The minimum Gasteiger partial charge on any atom is -0.102 e. The van der Waals surface area contributed by atoms with Crippen LogP contribution < -0.4 is 0 Å². The van der Waals surface area contributed by atoms with E-state index in [-0.39, 0.29) is 5.41 Å². The summed E-state index contributed by atoms with van der Waals surface area (Å²) in [6, 6.07) is 0. The molecular weight excluding hydrogens is 252 g/mol. The van der Waals surface area contributed by atoms with Crippen LogP contribution >= 0.6 is 0 Å². The third-order valence-corrected chi connectivity index (χ3v) is 2.33. The lowest BCUT2D eigenvalue weighted by Crippen LogP contribution is -2.04. The summed E-state index contributed by atoms with van der Waals surface area (Å²) in [5.41, 5.74) is 0.953. The second-order valence-corrected chi connectivity index (χ2v) is 9.73. The maximum absolute atomic E-state index is 3.23. The van der Waals surface area contributed by atoms with E-state index in [4.69, 9.17) is 0 Å². The molecule has 0 spiro atoms. The maximum atomic E-state index is 3.23. The van der Waals surface area contributed by atoms with Gasteiger partial charge in [0.25, 0.3) is 0 Å². The zero-order valence-corrected chi connectivity index (χ0v) is 16.6. The maximum Gasteiger partial charge on any atom is 0.0230 e. The van der Waals surface area contributed by atoms with Gasteiger partial charge in [-0.05, 0) is 43.9 Å². The van der Waals surface area contributed by atoms with E-state index in [0.717, 1.165) is 6.42 Å². The highest BCUT2D eigenvalue weighted by Crippen LogP contribution is 2.19. The van der Waals surface area contributed by atoms with Crippen molar-refractivity contribution in [2.24, 2.45) is 22.2 Å². The van der Waals surface area contributed by atoms with Crippen molar-refractivity contribution in [2.45, 2.75) is 89.0 Å². The van der Waals surface area contributed by atoms with Crippen molar-refractivity contribution in [1.82, 2.24) is 0 Å². The summed E-state index contributed by atoms with van der Waals surface area (Å²) in [6.07, 6.45) is 6.73. The molecule has 0 N–H and O–H groups in total. The third kappa shape index (κ3) is 28.2. The van der Waals surface area contributed by atoms with Crippen molar-refractivity contribution >= 4 is 0 Å². The molecule has 0 aromatic carbocycles. The van der Waals surface area contributed by atoms with E-state index in [1.54, 1.807) is 0 Å². The van der Waals surface area contributed by atoms with Crippen LogP contribution in [0.25, 0.3) is 0 Å². The third-order valence-electron chi connectivity index (χ3n) is 2.33. The minimum absolute atomic E-state index is 0.158. The van der Waals surface area contributed by atoms with Gasteiger partial charge in [0.15, 0.2) is 0 Å². The highest BCUT2D eigenvalue weighted by Gasteiger charge is 2.08. The number of hydrogen-bond donors (Lipinski definition) is 0. The molecule has 0 amide bonds. The van der Waals surface area contributed by atoms with E-state index in [0.29, 0.717) is 16.7 Å². The van der Waals surface area contributed by atoms with Crippen LogP contribution in [0.1, 0.15) is 89.0 Å². The largest absolute Gasteiger partial charge is 0.102 e. The highest BCUT2D eigenvalue weighted by atomic mass is 14.1. The second kappa shape index (κ2) is 9.34. The van der Waals surface area contributed by atoms with Gasteiger partial charge in [-0.3, -0.25) is 0 Å². The van der Waals surface area contributed by atoms with Gasteiger partial charge >= 0.3 is 0 Å². The minimum atomic E-state index is 0.158. The van der Waals surface area contributed by atoms with E-state index in [2.05, 4.69) is 100 Å². The van der Waals surface area contributed by atoms with Crippen LogP contribution in [0, 0.1) is 34.0 Å². The summed E-state index contributed by atoms with van der Waals surface area (Å²) in [6.45, 7) is 24.3. The Hall–Kier alpha value is -0.700. The molecule has 0 aliphatic heterocycles. The molecule has 0 heteroatoms. The predicted octanol–water partition coefficient (Wildman–Crippen LogP) is 7.11. The van der Waals surface area contributed by atoms with Gasteiger partial charge in [-0.15, -0.1) is 5.92 Å². The highest BCUT2D eigenvalue weighted by molar-refractivity contribution is 5.08. The molecule has 0 heterocycles. The van der Waals surface area contributed by atoms with Gasteiger partial charge in [-0.2, -0.15) is 0 Å². The lowest BCUT2D eigenvalue weighted by Gasteiger charge is -2.14. The molecule has 0 saturated heterocycles. The van der Waals surface area contributed by atoms with Gasteiger partial charge in [-0.25, -0.2) is 0 Å². The molecule has 0 fully saturated rings. The fraction of sp³-hybridized carbons (Fsp3) is 0.810. The lowest BCUT2D eigenvalue weighted by molar-refractivity contribution is 0.419. The van der Waals surface area contributed by atoms with Gasteiger partial charge in [0.1, 0.15) is 0 Å². The fourth-order valence-corrected chi connectivity index (χ4v) is 1.27.